The highest BCUT2D eigenvalue weighted by molar-refractivity contribution is 4.79. The topological polar surface area (TPSA) is 27.7 Å². The molecule has 0 aromatic rings. The van der Waals surface area contributed by atoms with Crippen LogP contribution in [0.2, 0.25) is 0 Å². The van der Waals surface area contributed by atoms with Gasteiger partial charge in [-0.15, -0.1) is 0 Å². The Morgan fingerprint density at radius 1 is 0.889 bits per heavy atom. The van der Waals surface area contributed by atoms with Crippen LogP contribution >= 0.6 is 0 Å². The zero-order chi connectivity index (χ0) is 13.4. The maximum absolute atomic E-state index is 5.90. The molecule has 0 saturated heterocycles. The van der Waals surface area contributed by atoms with Gasteiger partial charge in [0.05, 0.1) is 0 Å². The first-order valence-corrected chi connectivity index (χ1v) is 7.64. The monoisotopic (exact) mass is 258 g/mol. The van der Waals surface area contributed by atoms with Crippen molar-refractivity contribution in [2.45, 2.75) is 65.8 Å². The molecule has 1 aliphatic carbocycles. The predicted octanol–water partition coefficient (Wildman–Crippen LogP) is 3.97. The molecule has 0 aromatic carbocycles. The molecule has 108 valence electrons. The van der Waals surface area contributed by atoms with Gasteiger partial charge in [0, 0.05) is 25.7 Å². The molecule has 0 radical (unpaired) electrons. The lowest BCUT2D eigenvalue weighted by Gasteiger charge is -2.42. The SMILES string of the molecule is CCOC(OCC)(OCC)C1CCCC(CC)C1. The standard InChI is InChI=1S/C15H30O3/c1-5-13-10-9-11-14(12-13)15(16-6-2,17-7-3)18-8-4/h13-14H,5-12H2,1-4H3. The Kier molecular flexibility index (Phi) is 7.20. The van der Waals surface area contributed by atoms with E-state index in [2.05, 4.69) is 6.92 Å². The van der Waals surface area contributed by atoms with Crippen molar-refractivity contribution in [3.8, 4) is 0 Å². The molecule has 2 unspecified atom stereocenters. The van der Waals surface area contributed by atoms with E-state index < -0.39 is 5.97 Å². The highest BCUT2D eigenvalue weighted by Crippen LogP contribution is 2.40. The third kappa shape index (κ3) is 3.94. The van der Waals surface area contributed by atoms with Crippen molar-refractivity contribution in [2.24, 2.45) is 11.8 Å². The Hall–Kier alpha value is -0.120. The molecule has 0 bridgehead atoms. The molecule has 1 aliphatic rings. The Bertz CT molecular complexity index is 201. The Labute approximate surface area is 112 Å². The molecule has 18 heavy (non-hydrogen) atoms. The fourth-order valence-electron chi connectivity index (χ4n) is 3.07. The van der Waals surface area contributed by atoms with Gasteiger partial charge >= 0.3 is 0 Å². The van der Waals surface area contributed by atoms with Gasteiger partial charge in [-0.05, 0) is 39.5 Å². The summed E-state index contributed by atoms with van der Waals surface area (Å²) in [5.41, 5.74) is 0. The summed E-state index contributed by atoms with van der Waals surface area (Å²) in [5, 5.41) is 0. The largest absolute Gasteiger partial charge is 0.328 e. The number of hydrogen-bond acceptors (Lipinski definition) is 3. The second kappa shape index (κ2) is 8.13. The molecule has 0 heterocycles. The third-order valence-corrected chi connectivity index (χ3v) is 3.90. The summed E-state index contributed by atoms with van der Waals surface area (Å²) in [7, 11) is 0. The van der Waals surface area contributed by atoms with Gasteiger partial charge in [0.15, 0.2) is 0 Å². The number of rotatable bonds is 8. The first-order valence-electron chi connectivity index (χ1n) is 7.64. The van der Waals surface area contributed by atoms with Crippen LogP contribution in [0.15, 0.2) is 0 Å². The first kappa shape index (κ1) is 15.9. The summed E-state index contributed by atoms with van der Waals surface area (Å²) in [5.74, 6) is 0.368. The lowest BCUT2D eigenvalue weighted by molar-refractivity contribution is -0.405. The van der Waals surface area contributed by atoms with Crippen LogP contribution in [0.4, 0.5) is 0 Å². The maximum atomic E-state index is 5.90. The molecule has 3 heteroatoms. The predicted molar refractivity (Wildman–Crippen MR) is 73.3 cm³/mol. The summed E-state index contributed by atoms with van der Waals surface area (Å²) >= 11 is 0. The highest BCUT2D eigenvalue weighted by atomic mass is 16.9. The van der Waals surface area contributed by atoms with Crippen molar-refractivity contribution in [1.82, 2.24) is 0 Å². The van der Waals surface area contributed by atoms with Crippen LogP contribution < -0.4 is 0 Å². The van der Waals surface area contributed by atoms with Crippen molar-refractivity contribution < 1.29 is 14.2 Å². The van der Waals surface area contributed by atoms with Crippen molar-refractivity contribution in [1.29, 1.82) is 0 Å². The van der Waals surface area contributed by atoms with Gasteiger partial charge in [0.1, 0.15) is 0 Å². The van der Waals surface area contributed by atoms with Crippen molar-refractivity contribution in [3.05, 3.63) is 0 Å². The van der Waals surface area contributed by atoms with E-state index in [1.807, 2.05) is 20.8 Å². The maximum Gasteiger partial charge on any atom is 0.285 e. The summed E-state index contributed by atoms with van der Waals surface area (Å²) in [6, 6.07) is 0. The number of ether oxygens (including phenoxy) is 3. The van der Waals surface area contributed by atoms with Gasteiger partial charge in [-0.2, -0.15) is 0 Å². The minimum atomic E-state index is -0.800. The van der Waals surface area contributed by atoms with Crippen molar-refractivity contribution >= 4 is 0 Å². The quantitative estimate of drug-likeness (QED) is 0.617. The summed E-state index contributed by atoms with van der Waals surface area (Å²) < 4.78 is 17.7. The van der Waals surface area contributed by atoms with E-state index in [1.54, 1.807) is 0 Å². The van der Waals surface area contributed by atoms with Crippen molar-refractivity contribution in [3.63, 3.8) is 0 Å². The van der Waals surface area contributed by atoms with E-state index in [0.717, 1.165) is 18.8 Å². The van der Waals surface area contributed by atoms with Crippen LogP contribution in [0.3, 0.4) is 0 Å². The first-order chi connectivity index (χ1) is 8.72. The minimum absolute atomic E-state index is 0.371. The Morgan fingerprint density at radius 3 is 1.89 bits per heavy atom. The van der Waals surface area contributed by atoms with Crippen molar-refractivity contribution in [2.75, 3.05) is 19.8 Å². The minimum Gasteiger partial charge on any atom is -0.328 e. The summed E-state index contributed by atoms with van der Waals surface area (Å²) in [6.07, 6.45) is 6.16. The molecular formula is C15H30O3. The zero-order valence-corrected chi connectivity index (χ0v) is 12.5. The van der Waals surface area contributed by atoms with Gasteiger partial charge in [-0.3, -0.25) is 0 Å². The van der Waals surface area contributed by atoms with Crippen LogP contribution in [0.5, 0.6) is 0 Å². The van der Waals surface area contributed by atoms with Crippen LogP contribution in [0, 0.1) is 11.8 Å². The number of hydrogen-bond donors (Lipinski definition) is 0. The molecule has 0 aliphatic heterocycles. The van der Waals surface area contributed by atoms with Gasteiger partial charge in [0.2, 0.25) is 0 Å². The zero-order valence-electron chi connectivity index (χ0n) is 12.5. The second-order valence-corrected chi connectivity index (χ2v) is 5.04. The fraction of sp³-hybridized carbons (Fsp3) is 1.00. The molecule has 0 N–H and O–H groups in total. The van der Waals surface area contributed by atoms with Crippen LogP contribution in [0.25, 0.3) is 0 Å². The smallest absolute Gasteiger partial charge is 0.285 e. The lowest BCUT2D eigenvalue weighted by Crippen LogP contribution is -2.48. The molecule has 3 nitrogen and oxygen atoms in total. The van der Waals surface area contributed by atoms with E-state index in [-0.39, 0.29) is 0 Å². The molecule has 2 atom stereocenters. The normalized spacial score (nSPS) is 25.3. The summed E-state index contributed by atoms with van der Waals surface area (Å²) in [4.78, 5) is 0. The van der Waals surface area contributed by atoms with Crippen LogP contribution in [-0.4, -0.2) is 25.8 Å². The second-order valence-electron chi connectivity index (χ2n) is 5.04. The third-order valence-electron chi connectivity index (χ3n) is 3.90. The van der Waals surface area contributed by atoms with E-state index in [1.165, 1.54) is 19.3 Å². The average molecular weight is 258 g/mol. The molecular weight excluding hydrogens is 228 g/mol. The molecule has 1 saturated carbocycles. The molecule has 1 fully saturated rings. The van der Waals surface area contributed by atoms with Crippen LogP contribution in [-0.2, 0) is 14.2 Å². The molecule has 1 rings (SSSR count). The van der Waals surface area contributed by atoms with E-state index >= 15 is 0 Å². The molecule has 0 aromatic heterocycles. The average Bonchev–Trinajstić information content (AvgIpc) is 2.39. The molecule has 0 spiro atoms. The Morgan fingerprint density at radius 2 is 1.44 bits per heavy atom. The fourth-order valence-corrected chi connectivity index (χ4v) is 3.07. The van der Waals surface area contributed by atoms with Gasteiger partial charge in [-0.25, -0.2) is 0 Å². The highest BCUT2D eigenvalue weighted by Gasteiger charge is 2.43. The van der Waals surface area contributed by atoms with E-state index in [9.17, 15) is 0 Å². The Balaban J connectivity index is 2.77. The van der Waals surface area contributed by atoms with Gasteiger partial charge in [-0.1, -0.05) is 26.2 Å². The van der Waals surface area contributed by atoms with Gasteiger partial charge < -0.3 is 14.2 Å². The van der Waals surface area contributed by atoms with Gasteiger partial charge in [0.25, 0.3) is 5.97 Å². The lowest BCUT2D eigenvalue weighted by atomic mass is 9.79. The summed E-state index contributed by atoms with van der Waals surface area (Å²) in [6.45, 7) is 10.2. The van der Waals surface area contributed by atoms with Crippen LogP contribution in [0.1, 0.15) is 59.8 Å². The van der Waals surface area contributed by atoms with E-state index in [4.69, 9.17) is 14.2 Å². The van der Waals surface area contributed by atoms with E-state index in [0.29, 0.717) is 25.7 Å². The molecule has 0 amide bonds.